The first-order chi connectivity index (χ1) is 11.7. The number of anilines is 1. The molecule has 6 nitrogen and oxygen atoms in total. The van der Waals surface area contributed by atoms with Crippen molar-refractivity contribution in [3.8, 4) is 5.82 Å². The first kappa shape index (κ1) is 14.9. The first-order valence-corrected chi connectivity index (χ1v) is 8.35. The van der Waals surface area contributed by atoms with E-state index < -0.39 is 0 Å². The van der Waals surface area contributed by atoms with E-state index in [4.69, 9.17) is 9.40 Å². The maximum Gasteiger partial charge on any atom is 0.159 e. The van der Waals surface area contributed by atoms with Crippen LogP contribution in [-0.2, 0) is 0 Å². The lowest BCUT2D eigenvalue weighted by molar-refractivity contribution is 0.327. The lowest BCUT2D eigenvalue weighted by Crippen LogP contribution is -2.36. The number of aryl methyl sites for hydroxylation is 1. The van der Waals surface area contributed by atoms with E-state index in [0.29, 0.717) is 5.92 Å². The summed E-state index contributed by atoms with van der Waals surface area (Å²) >= 11 is 0. The number of aromatic nitrogens is 4. The number of nitrogens with zero attached hydrogens (tertiary/aromatic N) is 5. The number of hydrogen-bond acceptors (Lipinski definition) is 5. The molecule has 0 bridgehead atoms. The van der Waals surface area contributed by atoms with Gasteiger partial charge in [0.05, 0.1) is 24.7 Å². The molecule has 1 aliphatic rings. The van der Waals surface area contributed by atoms with Crippen LogP contribution in [0.4, 0.5) is 5.82 Å². The summed E-state index contributed by atoms with van der Waals surface area (Å²) in [4.78, 5) is 15.8. The Labute approximate surface area is 141 Å². The van der Waals surface area contributed by atoms with Crippen LogP contribution >= 0.6 is 0 Å². The Morgan fingerprint density at radius 1 is 1.25 bits per heavy atom. The molecule has 0 N–H and O–H groups in total. The Balaban J connectivity index is 1.70. The quantitative estimate of drug-likeness (QED) is 0.738. The summed E-state index contributed by atoms with van der Waals surface area (Å²) in [5, 5.41) is 0. The summed E-state index contributed by atoms with van der Waals surface area (Å²) in [5.41, 5.74) is 0. The van der Waals surface area contributed by atoms with Gasteiger partial charge in [-0.3, -0.25) is 9.55 Å². The van der Waals surface area contributed by atoms with Gasteiger partial charge in [-0.25, -0.2) is 9.97 Å². The Hall–Kier alpha value is -2.63. The molecule has 3 aromatic rings. The fourth-order valence-electron chi connectivity index (χ4n) is 3.39. The second-order valence-electron chi connectivity index (χ2n) is 6.43. The van der Waals surface area contributed by atoms with Crippen LogP contribution in [-0.4, -0.2) is 26.1 Å². The molecule has 24 heavy (non-hydrogen) atoms. The monoisotopic (exact) mass is 323 g/mol. The fraction of sp³-hybridized carbons (Fsp3) is 0.389. The van der Waals surface area contributed by atoms with E-state index in [9.17, 15) is 0 Å². The highest BCUT2D eigenvalue weighted by atomic mass is 16.3. The minimum Gasteiger partial charge on any atom is -0.467 e. The number of rotatable bonds is 3. The van der Waals surface area contributed by atoms with Gasteiger partial charge in [0.2, 0.25) is 0 Å². The molecule has 1 fully saturated rings. The van der Waals surface area contributed by atoms with Crippen molar-refractivity contribution in [1.82, 2.24) is 19.5 Å². The van der Waals surface area contributed by atoms with Crippen molar-refractivity contribution in [3.05, 3.63) is 54.8 Å². The summed E-state index contributed by atoms with van der Waals surface area (Å²) in [6.07, 6.45) is 11.2. The molecular weight excluding hydrogens is 302 g/mol. The molecule has 4 rings (SSSR count). The molecule has 2 atom stereocenters. The van der Waals surface area contributed by atoms with Gasteiger partial charge < -0.3 is 9.32 Å². The minimum absolute atomic E-state index is 0.206. The van der Waals surface area contributed by atoms with Crippen molar-refractivity contribution in [2.45, 2.75) is 32.7 Å². The first-order valence-electron chi connectivity index (χ1n) is 8.35. The highest BCUT2D eigenvalue weighted by Gasteiger charge is 2.30. The molecule has 1 saturated heterocycles. The van der Waals surface area contributed by atoms with Crippen LogP contribution in [0.25, 0.3) is 5.82 Å². The van der Waals surface area contributed by atoms with Crippen molar-refractivity contribution in [2.75, 3.05) is 11.4 Å². The fourth-order valence-corrected chi connectivity index (χ4v) is 3.39. The second-order valence-corrected chi connectivity index (χ2v) is 6.43. The van der Waals surface area contributed by atoms with Crippen molar-refractivity contribution >= 4 is 5.82 Å². The summed E-state index contributed by atoms with van der Waals surface area (Å²) < 4.78 is 7.64. The van der Waals surface area contributed by atoms with E-state index in [2.05, 4.69) is 21.8 Å². The molecule has 0 aromatic carbocycles. The zero-order valence-corrected chi connectivity index (χ0v) is 14.0. The van der Waals surface area contributed by atoms with Crippen molar-refractivity contribution < 1.29 is 4.42 Å². The Kier molecular flexibility index (Phi) is 3.80. The number of piperidine rings is 1. The Bertz CT molecular complexity index is 810. The van der Waals surface area contributed by atoms with E-state index in [1.165, 1.54) is 0 Å². The highest BCUT2D eigenvalue weighted by Crippen LogP contribution is 2.36. The van der Waals surface area contributed by atoms with Crippen LogP contribution in [0.3, 0.4) is 0 Å². The van der Waals surface area contributed by atoms with E-state index in [0.717, 1.165) is 42.6 Å². The summed E-state index contributed by atoms with van der Waals surface area (Å²) in [5.74, 6) is 4.24. The molecule has 0 spiro atoms. The average molecular weight is 323 g/mol. The van der Waals surface area contributed by atoms with Gasteiger partial charge in [-0.05, 0) is 37.8 Å². The van der Waals surface area contributed by atoms with E-state index in [-0.39, 0.29) is 6.04 Å². The van der Waals surface area contributed by atoms with Gasteiger partial charge in [0.15, 0.2) is 5.82 Å². The van der Waals surface area contributed by atoms with Crippen LogP contribution < -0.4 is 4.90 Å². The van der Waals surface area contributed by atoms with Gasteiger partial charge in [-0.2, -0.15) is 0 Å². The van der Waals surface area contributed by atoms with Gasteiger partial charge >= 0.3 is 0 Å². The lowest BCUT2D eigenvalue weighted by Gasteiger charge is -2.38. The standard InChI is InChI=1S/C18H21N5O/c1-13-5-7-23(15(10-13)16-4-3-9-24-16)18-12-19-11-17(21-18)22-8-6-20-14(22)2/h3-4,6,8-9,11-13,15H,5,7,10H2,1-2H3. The predicted molar refractivity (Wildman–Crippen MR) is 91.1 cm³/mol. The normalized spacial score (nSPS) is 21.2. The largest absolute Gasteiger partial charge is 0.467 e. The molecule has 2 unspecified atom stereocenters. The zero-order chi connectivity index (χ0) is 16.5. The summed E-state index contributed by atoms with van der Waals surface area (Å²) in [6.45, 7) is 5.21. The molecular formula is C18H21N5O. The molecule has 1 aliphatic heterocycles. The smallest absolute Gasteiger partial charge is 0.159 e. The van der Waals surface area contributed by atoms with Crippen molar-refractivity contribution in [1.29, 1.82) is 0 Å². The van der Waals surface area contributed by atoms with Crippen molar-refractivity contribution in [2.24, 2.45) is 5.92 Å². The third-order valence-corrected chi connectivity index (χ3v) is 4.71. The SMILES string of the molecule is Cc1nccn1-c1cncc(N2CCC(C)CC2c2ccco2)n1. The molecule has 0 radical (unpaired) electrons. The number of hydrogen-bond donors (Lipinski definition) is 0. The Morgan fingerprint density at radius 2 is 2.12 bits per heavy atom. The van der Waals surface area contributed by atoms with Crippen LogP contribution in [0, 0.1) is 12.8 Å². The lowest BCUT2D eigenvalue weighted by atomic mass is 9.91. The van der Waals surface area contributed by atoms with Gasteiger partial charge in [0.25, 0.3) is 0 Å². The van der Waals surface area contributed by atoms with Gasteiger partial charge in [-0.15, -0.1) is 0 Å². The van der Waals surface area contributed by atoms with Crippen LogP contribution in [0.5, 0.6) is 0 Å². The average Bonchev–Trinajstić information content (AvgIpc) is 3.26. The van der Waals surface area contributed by atoms with E-state index in [1.54, 1.807) is 18.7 Å². The van der Waals surface area contributed by atoms with Crippen LogP contribution in [0.1, 0.15) is 37.4 Å². The van der Waals surface area contributed by atoms with Crippen LogP contribution in [0.15, 0.2) is 47.6 Å². The molecule has 0 saturated carbocycles. The zero-order valence-electron chi connectivity index (χ0n) is 14.0. The van der Waals surface area contributed by atoms with Gasteiger partial charge in [-0.1, -0.05) is 6.92 Å². The van der Waals surface area contributed by atoms with E-state index in [1.807, 2.05) is 36.0 Å². The van der Waals surface area contributed by atoms with Crippen LogP contribution in [0.2, 0.25) is 0 Å². The number of imidazole rings is 1. The summed E-state index contributed by atoms with van der Waals surface area (Å²) in [7, 11) is 0. The molecule has 4 heterocycles. The maximum absolute atomic E-state index is 5.69. The molecule has 0 aliphatic carbocycles. The van der Waals surface area contributed by atoms with Gasteiger partial charge in [0, 0.05) is 18.9 Å². The highest BCUT2D eigenvalue weighted by molar-refractivity contribution is 5.43. The molecule has 3 aromatic heterocycles. The Morgan fingerprint density at radius 3 is 2.88 bits per heavy atom. The molecule has 124 valence electrons. The third kappa shape index (κ3) is 2.68. The van der Waals surface area contributed by atoms with Crippen molar-refractivity contribution in [3.63, 3.8) is 0 Å². The third-order valence-electron chi connectivity index (χ3n) is 4.71. The summed E-state index contributed by atoms with van der Waals surface area (Å²) in [6, 6.07) is 4.20. The number of furan rings is 1. The second kappa shape index (κ2) is 6.11. The predicted octanol–water partition coefficient (Wildman–Crippen LogP) is 3.54. The maximum atomic E-state index is 5.69. The van der Waals surface area contributed by atoms with E-state index >= 15 is 0 Å². The molecule has 6 heteroatoms. The molecule has 0 amide bonds. The minimum atomic E-state index is 0.206. The van der Waals surface area contributed by atoms with Gasteiger partial charge in [0.1, 0.15) is 17.4 Å². The topological polar surface area (TPSA) is 60.0 Å².